The molecule has 0 aliphatic heterocycles. The van der Waals surface area contributed by atoms with Crippen LogP contribution in [0.25, 0.3) is 0 Å². The molecule has 1 N–H and O–H groups in total. The van der Waals surface area contributed by atoms with Crippen molar-refractivity contribution in [1.29, 1.82) is 0 Å². The quantitative estimate of drug-likeness (QED) is 0.878. The predicted molar refractivity (Wildman–Crippen MR) is 82.2 cm³/mol. The fraction of sp³-hybridized carbons (Fsp3) is 0.333. The molecule has 0 bridgehead atoms. The Morgan fingerprint density at radius 3 is 2.20 bits per heavy atom. The molecule has 0 saturated carbocycles. The maximum Gasteiger partial charge on any atom is 0.119 e. The molecule has 0 radical (unpaired) electrons. The van der Waals surface area contributed by atoms with E-state index in [1.54, 1.807) is 0 Å². The summed E-state index contributed by atoms with van der Waals surface area (Å²) in [5.74, 6) is 1.30. The highest BCUT2D eigenvalue weighted by molar-refractivity contribution is 5.36. The van der Waals surface area contributed by atoms with Crippen LogP contribution in [-0.4, -0.2) is 11.7 Å². The van der Waals surface area contributed by atoms with Crippen LogP contribution in [0.15, 0.2) is 48.5 Å². The van der Waals surface area contributed by atoms with E-state index in [0.29, 0.717) is 12.5 Å². The minimum absolute atomic E-state index is 0.502. The Hall–Kier alpha value is -1.80. The summed E-state index contributed by atoms with van der Waals surface area (Å²) in [4.78, 5) is 0. The molecule has 0 aliphatic carbocycles. The van der Waals surface area contributed by atoms with Gasteiger partial charge in [0.15, 0.2) is 0 Å². The number of aliphatic hydroxyl groups excluding tert-OH is 1. The molecule has 1 unspecified atom stereocenters. The Morgan fingerprint density at radius 2 is 1.60 bits per heavy atom. The van der Waals surface area contributed by atoms with E-state index in [0.717, 1.165) is 16.9 Å². The molecule has 0 aromatic heterocycles. The van der Waals surface area contributed by atoms with Crippen LogP contribution in [0.3, 0.4) is 0 Å². The van der Waals surface area contributed by atoms with Gasteiger partial charge in [-0.3, -0.25) is 0 Å². The van der Waals surface area contributed by atoms with Crippen molar-refractivity contribution in [2.75, 3.05) is 6.61 Å². The van der Waals surface area contributed by atoms with E-state index in [1.165, 1.54) is 5.56 Å². The fourth-order valence-electron chi connectivity index (χ4n) is 2.20. The van der Waals surface area contributed by atoms with Crippen molar-refractivity contribution >= 4 is 0 Å². The van der Waals surface area contributed by atoms with Crippen molar-refractivity contribution < 1.29 is 9.84 Å². The van der Waals surface area contributed by atoms with Gasteiger partial charge in [-0.05, 0) is 41.7 Å². The minimum Gasteiger partial charge on any atom is -0.494 e. The van der Waals surface area contributed by atoms with Crippen LogP contribution in [-0.2, 0) is 0 Å². The first-order valence-electron chi connectivity index (χ1n) is 7.12. The SMILES string of the molecule is CCOc1cccc(C(O)c2ccc(C(C)C)cc2)c1. The Bertz CT molecular complexity index is 544. The number of rotatable bonds is 5. The molecule has 2 aromatic carbocycles. The summed E-state index contributed by atoms with van der Waals surface area (Å²) in [5.41, 5.74) is 3.04. The van der Waals surface area contributed by atoms with Crippen molar-refractivity contribution in [3.8, 4) is 5.75 Å². The molecule has 106 valence electrons. The Balaban J connectivity index is 2.21. The van der Waals surface area contributed by atoms with Gasteiger partial charge in [0.25, 0.3) is 0 Å². The Labute approximate surface area is 121 Å². The fourth-order valence-corrected chi connectivity index (χ4v) is 2.20. The van der Waals surface area contributed by atoms with Crippen LogP contribution in [0, 0.1) is 0 Å². The third-order valence-electron chi connectivity index (χ3n) is 3.40. The standard InChI is InChI=1S/C18H22O2/c1-4-20-17-7-5-6-16(12-17)18(19)15-10-8-14(9-11-15)13(2)3/h5-13,18-19H,4H2,1-3H3. The molecule has 1 atom stereocenters. The monoisotopic (exact) mass is 270 g/mol. The molecule has 0 aliphatic rings. The van der Waals surface area contributed by atoms with Crippen molar-refractivity contribution in [2.24, 2.45) is 0 Å². The van der Waals surface area contributed by atoms with Gasteiger partial charge in [-0.2, -0.15) is 0 Å². The van der Waals surface area contributed by atoms with Gasteiger partial charge in [-0.1, -0.05) is 50.2 Å². The van der Waals surface area contributed by atoms with Gasteiger partial charge in [0, 0.05) is 0 Å². The minimum atomic E-state index is -0.614. The Kier molecular flexibility index (Phi) is 4.80. The van der Waals surface area contributed by atoms with Crippen molar-refractivity contribution in [1.82, 2.24) is 0 Å². The number of aliphatic hydroxyl groups is 1. The van der Waals surface area contributed by atoms with E-state index in [1.807, 2.05) is 43.3 Å². The number of hydrogen-bond donors (Lipinski definition) is 1. The highest BCUT2D eigenvalue weighted by Crippen LogP contribution is 2.26. The molecular weight excluding hydrogens is 248 g/mol. The lowest BCUT2D eigenvalue weighted by Crippen LogP contribution is -2.01. The van der Waals surface area contributed by atoms with Gasteiger partial charge < -0.3 is 9.84 Å². The van der Waals surface area contributed by atoms with Crippen molar-refractivity contribution in [3.05, 3.63) is 65.2 Å². The van der Waals surface area contributed by atoms with Crippen LogP contribution in [0.2, 0.25) is 0 Å². The zero-order valence-corrected chi connectivity index (χ0v) is 12.3. The van der Waals surface area contributed by atoms with Gasteiger partial charge in [0.2, 0.25) is 0 Å². The van der Waals surface area contributed by atoms with Crippen LogP contribution in [0.5, 0.6) is 5.75 Å². The van der Waals surface area contributed by atoms with Gasteiger partial charge in [0.1, 0.15) is 11.9 Å². The second-order valence-corrected chi connectivity index (χ2v) is 5.23. The summed E-state index contributed by atoms with van der Waals surface area (Å²) in [5, 5.41) is 10.5. The number of ether oxygens (including phenoxy) is 1. The molecule has 0 heterocycles. The Morgan fingerprint density at radius 1 is 0.950 bits per heavy atom. The molecule has 0 fully saturated rings. The van der Waals surface area contributed by atoms with E-state index >= 15 is 0 Å². The molecule has 2 nitrogen and oxygen atoms in total. The van der Waals surface area contributed by atoms with E-state index in [2.05, 4.69) is 26.0 Å². The first kappa shape index (κ1) is 14.6. The number of benzene rings is 2. The first-order chi connectivity index (χ1) is 9.61. The highest BCUT2D eigenvalue weighted by Gasteiger charge is 2.11. The molecule has 2 heteroatoms. The van der Waals surface area contributed by atoms with Crippen molar-refractivity contribution in [2.45, 2.75) is 32.8 Å². The molecule has 0 spiro atoms. The zero-order chi connectivity index (χ0) is 14.5. The topological polar surface area (TPSA) is 29.5 Å². The van der Waals surface area contributed by atoms with Gasteiger partial charge in [0.05, 0.1) is 6.61 Å². The first-order valence-corrected chi connectivity index (χ1v) is 7.12. The van der Waals surface area contributed by atoms with E-state index in [9.17, 15) is 5.11 Å². The van der Waals surface area contributed by atoms with Crippen molar-refractivity contribution in [3.63, 3.8) is 0 Å². The predicted octanol–water partition coefficient (Wildman–Crippen LogP) is 4.29. The summed E-state index contributed by atoms with van der Waals surface area (Å²) < 4.78 is 5.47. The van der Waals surface area contributed by atoms with Gasteiger partial charge in [-0.25, -0.2) is 0 Å². The van der Waals surface area contributed by atoms with E-state index < -0.39 is 6.10 Å². The molecular formula is C18H22O2. The molecule has 20 heavy (non-hydrogen) atoms. The summed E-state index contributed by atoms with van der Waals surface area (Å²) in [6, 6.07) is 15.8. The van der Waals surface area contributed by atoms with Gasteiger partial charge in [-0.15, -0.1) is 0 Å². The van der Waals surface area contributed by atoms with Crippen LogP contribution < -0.4 is 4.74 Å². The average Bonchev–Trinajstić information content (AvgIpc) is 2.47. The van der Waals surface area contributed by atoms with Crippen LogP contribution >= 0.6 is 0 Å². The smallest absolute Gasteiger partial charge is 0.119 e. The summed E-state index contributed by atoms with van der Waals surface area (Å²) in [7, 11) is 0. The second kappa shape index (κ2) is 6.58. The molecule has 2 aromatic rings. The average molecular weight is 270 g/mol. The third kappa shape index (κ3) is 3.40. The van der Waals surface area contributed by atoms with Crippen LogP contribution in [0.4, 0.5) is 0 Å². The summed E-state index contributed by atoms with van der Waals surface area (Å²) in [6.07, 6.45) is -0.614. The van der Waals surface area contributed by atoms with Gasteiger partial charge >= 0.3 is 0 Å². The third-order valence-corrected chi connectivity index (χ3v) is 3.40. The molecule has 0 saturated heterocycles. The molecule has 2 rings (SSSR count). The number of hydrogen-bond acceptors (Lipinski definition) is 2. The van der Waals surface area contributed by atoms with E-state index in [4.69, 9.17) is 4.74 Å². The zero-order valence-electron chi connectivity index (χ0n) is 12.3. The van der Waals surface area contributed by atoms with E-state index in [-0.39, 0.29) is 0 Å². The lowest BCUT2D eigenvalue weighted by atomic mass is 9.97. The maximum absolute atomic E-state index is 10.5. The highest BCUT2D eigenvalue weighted by atomic mass is 16.5. The maximum atomic E-state index is 10.5. The molecule has 0 amide bonds. The largest absolute Gasteiger partial charge is 0.494 e. The second-order valence-electron chi connectivity index (χ2n) is 5.23. The summed E-state index contributed by atoms with van der Waals surface area (Å²) >= 11 is 0. The summed E-state index contributed by atoms with van der Waals surface area (Å²) in [6.45, 7) is 6.91. The lowest BCUT2D eigenvalue weighted by Gasteiger charge is -2.14. The normalized spacial score (nSPS) is 12.4. The lowest BCUT2D eigenvalue weighted by molar-refractivity contribution is 0.219. The van der Waals surface area contributed by atoms with Crippen LogP contribution in [0.1, 0.15) is 49.5 Å².